The zero-order valence-corrected chi connectivity index (χ0v) is 13.6. The average Bonchev–Trinajstić information content (AvgIpc) is 2.55. The van der Waals surface area contributed by atoms with Crippen molar-refractivity contribution in [2.75, 3.05) is 12.4 Å². The lowest BCUT2D eigenvalue weighted by Gasteiger charge is -2.06. The van der Waals surface area contributed by atoms with E-state index in [9.17, 15) is 20.0 Å². The highest BCUT2D eigenvalue weighted by Crippen LogP contribution is 2.36. The normalized spacial score (nSPS) is 10.5. The molecule has 10 heteroatoms. The van der Waals surface area contributed by atoms with Crippen molar-refractivity contribution in [1.82, 2.24) is 5.43 Å². The molecular formula is C15H13ClN4O5. The zero-order chi connectivity index (χ0) is 18.4. The first-order chi connectivity index (χ1) is 11.9. The molecular weight excluding hydrogens is 352 g/mol. The molecule has 0 spiro atoms. The fourth-order valence-corrected chi connectivity index (χ4v) is 2.06. The number of benzene rings is 2. The van der Waals surface area contributed by atoms with Gasteiger partial charge in [-0.15, -0.1) is 0 Å². The van der Waals surface area contributed by atoms with Crippen molar-refractivity contribution < 1.29 is 19.6 Å². The largest absolute Gasteiger partial charge is 0.500 e. The number of methoxy groups -OCH3 is 1. The van der Waals surface area contributed by atoms with Crippen LogP contribution in [0.25, 0.3) is 0 Å². The van der Waals surface area contributed by atoms with Crippen molar-refractivity contribution in [2.24, 2.45) is 5.10 Å². The summed E-state index contributed by atoms with van der Waals surface area (Å²) in [6.45, 7) is 0. The van der Waals surface area contributed by atoms with Crippen LogP contribution in [0.4, 0.5) is 16.2 Å². The number of amides is 2. The van der Waals surface area contributed by atoms with E-state index >= 15 is 0 Å². The number of halogens is 1. The van der Waals surface area contributed by atoms with E-state index in [-0.39, 0.29) is 11.3 Å². The van der Waals surface area contributed by atoms with Gasteiger partial charge in [0, 0.05) is 22.3 Å². The first kappa shape index (κ1) is 18.0. The van der Waals surface area contributed by atoms with Crippen LogP contribution >= 0.6 is 11.6 Å². The summed E-state index contributed by atoms with van der Waals surface area (Å²) in [5.41, 5.74) is 2.39. The minimum Gasteiger partial charge on any atom is -0.500 e. The van der Waals surface area contributed by atoms with E-state index in [0.29, 0.717) is 10.7 Å². The van der Waals surface area contributed by atoms with E-state index in [1.54, 1.807) is 24.3 Å². The summed E-state index contributed by atoms with van der Waals surface area (Å²) >= 11 is 5.81. The van der Waals surface area contributed by atoms with Crippen molar-refractivity contribution in [1.29, 1.82) is 0 Å². The molecule has 0 heterocycles. The molecule has 0 aliphatic rings. The molecule has 0 aliphatic carbocycles. The molecule has 2 amide bonds. The Kier molecular flexibility index (Phi) is 5.75. The van der Waals surface area contributed by atoms with E-state index in [0.717, 1.165) is 6.07 Å². The Morgan fingerprint density at radius 3 is 2.80 bits per heavy atom. The van der Waals surface area contributed by atoms with Crippen LogP contribution in [-0.4, -0.2) is 29.4 Å². The van der Waals surface area contributed by atoms with Crippen LogP contribution in [0.2, 0.25) is 5.02 Å². The fourth-order valence-electron chi connectivity index (χ4n) is 1.87. The van der Waals surface area contributed by atoms with Crippen LogP contribution < -0.4 is 15.5 Å². The van der Waals surface area contributed by atoms with Crippen molar-refractivity contribution >= 4 is 35.2 Å². The molecule has 130 valence electrons. The average molecular weight is 365 g/mol. The number of nitrogens with one attached hydrogen (secondary N) is 2. The van der Waals surface area contributed by atoms with Crippen molar-refractivity contribution in [3.05, 3.63) is 57.1 Å². The maximum absolute atomic E-state index is 11.7. The molecule has 3 N–H and O–H groups in total. The summed E-state index contributed by atoms with van der Waals surface area (Å²) in [5.74, 6) is -0.671. The minimum atomic E-state index is -0.755. The second-order valence-electron chi connectivity index (χ2n) is 4.68. The zero-order valence-electron chi connectivity index (χ0n) is 12.9. The van der Waals surface area contributed by atoms with Crippen molar-refractivity contribution in [3.63, 3.8) is 0 Å². The van der Waals surface area contributed by atoms with Gasteiger partial charge in [0.05, 0.1) is 18.2 Å². The van der Waals surface area contributed by atoms with Gasteiger partial charge in [0.25, 0.3) is 0 Å². The minimum absolute atomic E-state index is 0.0842. The van der Waals surface area contributed by atoms with Crippen LogP contribution in [0, 0.1) is 10.1 Å². The number of carbonyl (C=O) groups excluding carboxylic acids is 1. The van der Waals surface area contributed by atoms with Gasteiger partial charge < -0.3 is 15.2 Å². The first-order valence-corrected chi connectivity index (χ1v) is 7.19. The molecule has 0 aromatic heterocycles. The molecule has 0 saturated heterocycles. The summed E-state index contributed by atoms with van der Waals surface area (Å²) in [6.07, 6.45) is 1.17. The lowest BCUT2D eigenvalue weighted by Crippen LogP contribution is -2.24. The number of anilines is 1. The van der Waals surface area contributed by atoms with Gasteiger partial charge in [-0.05, 0) is 24.3 Å². The summed E-state index contributed by atoms with van der Waals surface area (Å²) in [4.78, 5) is 21.9. The Bertz CT molecular complexity index is 841. The highest BCUT2D eigenvalue weighted by Gasteiger charge is 2.19. The van der Waals surface area contributed by atoms with Crippen LogP contribution in [0.5, 0.6) is 11.5 Å². The van der Waals surface area contributed by atoms with Gasteiger partial charge in [-0.1, -0.05) is 17.7 Å². The number of phenolic OH excluding ortho intramolecular Hbond substituents is 1. The molecule has 25 heavy (non-hydrogen) atoms. The number of urea groups is 1. The number of aromatic hydroxyl groups is 1. The molecule has 0 radical (unpaired) electrons. The molecule has 0 unspecified atom stereocenters. The predicted molar refractivity (Wildman–Crippen MR) is 92.5 cm³/mol. The van der Waals surface area contributed by atoms with Crippen LogP contribution in [0.3, 0.4) is 0 Å². The molecule has 0 atom stereocenters. The third-order valence-corrected chi connectivity index (χ3v) is 3.19. The number of ether oxygens (including phenoxy) is 1. The maximum atomic E-state index is 11.7. The predicted octanol–water partition coefficient (Wildman–Crippen LogP) is 3.12. The number of hydrogen-bond acceptors (Lipinski definition) is 6. The van der Waals surface area contributed by atoms with E-state index in [4.69, 9.17) is 16.3 Å². The van der Waals surface area contributed by atoms with Crippen LogP contribution in [0.1, 0.15) is 5.56 Å². The van der Waals surface area contributed by atoms with E-state index in [2.05, 4.69) is 15.8 Å². The third-order valence-electron chi connectivity index (χ3n) is 2.96. The highest BCUT2D eigenvalue weighted by molar-refractivity contribution is 6.30. The monoisotopic (exact) mass is 364 g/mol. The number of hydrogen-bond donors (Lipinski definition) is 3. The quantitative estimate of drug-likeness (QED) is 0.427. The summed E-state index contributed by atoms with van der Waals surface area (Å²) in [6, 6.07) is 8.33. The Morgan fingerprint density at radius 2 is 2.16 bits per heavy atom. The van der Waals surface area contributed by atoms with E-state index in [1.165, 1.54) is 19.4 Å². The number of nitro benzene ring substituents is 1. The second-order valence-corrected chi connectivity index (χ2v) is 5.12. The van der Waals surface area contributed by atoms with Crippen LogP contribution in [-0.2, 0) is 0 Å². The molecule has 0 aliphatic heterocycles. The Morgan fingerprint density at radius 1 is 1.40 bits per heavy atom. The van der Waals surface area contributed by atoms with Gasteiger partial charge in [-0.3, -0.25) is 10.1 Å². The van der Waals surface area contributed by atoms with Crippen molar-refractivity contribution in [2.45, 2.75) is 0 Å². The number of nitro groups is 1. The SMILES string of the molecule is COc1cc(/C=N\NC(=O)Nc2cccc(Cl)c2)cc([N+](=O)[O-])c1O. The van der Waals surface area contributed by atoms with Crippen LogP contribution in [0.15, 0.2) is 41.5 Å². The van der Waals surface area contributed by atoms with Gasteiger partial charge in [-0.2, -0.15) is 5.10 Å². The topological polar surface area (TPSA) is 126 Å². The molecule has 2 aromatic rings. The van der Waals surface area contributed by atoms with Crippen molar-refractivity contribution in [3.8, 4) is 11.5 Å². The van der Waals surface area contributed by atoms with E-state index < -0.39 is 22.4 Å². The smallest absolute Gasteiger partial charge is 0.339 e. The standard InChI is InChI=1S/C15H13ClN4O5/c1-25-13-6-9(5-12(14(13)21)20(23)24)8-17-19-15(22)18-11-4-2-3-10(16)7-11/h2-8,21H,1H3,(H2,18,19,22)/b17-8-. The van der Waals surface area contributed by atoms with Gasteiger partial charge in [0.2, 0.25) is 5.75 Å². The number of rotatable bonds is 5. The summed E-state index contributed by atoms with van der Waals surface area (Å²) in [7, 11) is 1.26. The van der Waals surface area contributed by atoms with Gasteiger partial charge in [0.15, 0.2) is 5.75 Å². The second kappa shape index (κ2) is 7.97. The molecule has 0 saturated carbocycles. The van der Waals surface area contributed by atoms with Gasteiger partial charge in [-0.25, -0.2) is 10.2 Å². The lowest BCUT2D eigenvalue weighted by molar-refractivity contribution is -0.386. The molecule has 2 aromatic carbocycles. The first-order valence-electron chi connectivity index (χ1n) is 6.81. The summed E-state index contributed by atoms with van der Waals surface area (Å²) < 4.78 is 4.87. The number of nitrogens with zero attached hydrogens (tertiary/aromatic N) is 2. The van der Waals surface area contributed by atoms with E-state index in [1.807, 2.05) is 0 Å². The third kappa shape index (κ3) is 4.82. The highest BCUT2D eigenvalue weighted by atomic mass is 35.5. The number of phenols is 1. The summed E-state index contributed by atoms with van der Waals surface area (Å²) in [5, 5.41) is 27.2. The molecule has 9 nitrogen and oxygen atoms in total. The molecule has 2 rings (SSSR count). The maximum Gasteiger partial charge on any atom is 0.339 e. The van der Waals surface area contributed by atoms with Gasteiger partial charge >= 0.3 is 11.7 Å². The Balaban J connectivity index is 2.07. The molecule has 0 bridgehead atoms. The molecule has 0 fully saturated rings. The fraction of sp³-hybridized carbons (Fsp3) is 0.0667. The number of hydrazone groups is 1. The Labute approximate surface area is 147 Å². The number of carbonyl (C=O) groups is 1. The Hall–Kier alpha value is -3.33. The lowest BCUT2D eigenvalue weighted by atomic mass is 10.2. The van der Waals surface area contributed by atoms with Gasteiger partial charge in [0.1, 0.15) is 0 Å².